The maximum absolute atomic E-state index is 14.6. The first-order valence-electron chi connectivity index (χ1n) is 17.4. The zero-order valence-corrected chi connectivity index (χ0v) is 31.8. The predicted octanol–water partition coefficient (Wildman–Crippen LogP) is 4.16. The van der Waals surface area contributed by atoms with Crippen LogP contribution in [-0.2, 0) is 14.3 Å². The summed E-state index contributed by atoms with van der Waals surface area (Å²) in [6, 6.07) is 2.80. The first kappa shape index (κ1) is 38.5. The van der Waals surface area contributed by atoms with Gasteiger partial charge in [0.25, 0.3) is 0 Å². The second-order valence-electron chi connectivity index (χ2n) is 14.9. The number of methoxy groups -OCH3 is 2. The van der Waals surface area contributed by atoms with Crippen LogP contribution in [0.25, 0.3) is 10.9 Å². The maximum Gasteiger partial charge on any atom is 0.315 e. The van der Waals surface area contributed by atoms with E-state index in [1.54, 1.807) is 25.3 Å². The van der Waals surface area contributed by atoms with Crippen LogP contribution in [0, 0.1) is 18.3 Å². The molecule has 4 N–H and O–H groups in total. The molecule has 2 saturated carbocycles. The number of pyridine rings is 1. The number of benzene rings is 1. The third kappa shape index (κ3) is 8.18. The van der Waals surface area contributed by atoms with Crippen molar-refractivity contribution in [3.05, 3.63) is 42.1 Å². The number of aromatic nitrogens is 1. The molecule has 13 nitrogen and oxygen atoms in total. The summed E-state index contributed by atoms with van der Waals surface area (Å²) in [5.74, 6) is -0.445. The molecule has 0 radical (unpaired) electrons. The number of carbonyl (C=O) groups is 4. The van der Waals surface area contributed by atoms with Gasteiger partial charge in [-0.2, -0.15) is 0 Å². The second-order valence-corrected chi connectivity index (χ2v) is 15.5. The van der Waals surface area contributed by atoms with Gasteiger partial charge in [0.1, 0.15) is 35.4 Å². The molecule has 6 atom stereocenters. The standard InChI is InChI=1S/C37H50BrN5O8/c1-8-21-17-37(21,34(47)50-7)42-32(45)27-14-23(19-43(27)33(46)31(36(3,4)5)41-35(48)39-22-11-9-10-12-22)51-30-16-26(28(44)18-38)40-25-15-29(49-6)20(2)13-24(25)30/h8,13,15-16,21-23,27,31,34,47H,1,9-12,14,17-19H2,2-7H3,(H,42,45)(H2,39,41,48)/t21-,23-,27+,31-,34?,37-/m1/s1. The fourth-order valence-electron chi connectivity index (χ4n) is 7.27. The Labute approximate surface area is 307 Å². The van der Waals surface area contributed by atoms with E-state index >= 15 is 0 Å². The quantitative estimate of drug-likeness (QED) is 0.101. The van der Waals surface area contributed by atoms with E-state index in [2.05, 4.69) is 43.4 Å². The van der Waals surface area contributed by atoms with Crippen LogP contribution in [0.4, 0.5) is 4.79 Å². The lowest BCUT2D eigenvalue weighted by molar-refractivity contribution is -0.145. The molecule has 1 aromatic carbocycles. The van der Waals surface area contributed by atoms with Gasteiger partial charge in [0, 0.05) is 43.0 Å². The number of ether oxygens (including phenoxy) is 3. The van der Waals surface area contributed by atoms with Gasteiger partial charge in [-0.15, -0.1) is 6.58 Å². The molecular weight excluding hydrogens is 722 g/mol. The fraction of sp³-hybridized carbons (Fsp3) is 0.595. The Morgan fingerprint density at radius 2 is 1.86 bits per heavy atom. The van der Waals surface area contributed by atoms with E-state index < -0.39 is 53.3 Å². The van der Waals surface area contributed by atoms with E-state index in [1.165, 1.54) is 12.0 Å². The summed E-state index contributed by atoms with van der Waals surface area (Å²) in [6.07, 6.45) is 4.04. The fourth-order valence-corrected chi connectivity index (χ4v) is 7.56. The SMILES string of the molecule is C=C[C@@H]1C[C@]1(NC(=O)[C@@H]1C[C@@H](Oc2cc(C(=O)CBr)nc3cc(OC)c(C)cc23)CN1C(=O)[C@@H](NC(=O)NC1CCCC1)C(C)(C)C)C(O)OC. The molecule has 1 aromatic heterocycles. The minimum Gasteiger partial charge on any atom is -0.496 e. The molecule has 2 aliphatic carbocycles. The molecule has 0 spiro atoms. The summed E-state index contributed by atoms with van der Waals surface area (Å²) in [6.45, 7) is 11.3. The van der Waals surface area contributed by atoms with Crippen LogP contribution < -0.4 is 25.4 Å². The number of nitrogens with zero attached hydrogens (tertiary/aromatic N) is 2. The Morgan fingerprint density at radius 1 is 1.16 bits per heavy atom. The van der Waals surface area contributed by atoms with Crippen molar-refractivity contribution in [1.82, 2.24) is 25.8 Å². The Bertz CT molecular complexity index is 1670. The van der Waals surface area contributed by atoms with Crippen molar-refractivity contribution in [1.29, 1.82) is 0 Å². The summed E-state index contributed by atoms with van der Waals surface area (Å²) >= 11 is 3.23. The minimum absolute atomic E-state index is 0.0147. The smallest absolute Gasteiger partial charge is 0.315 e. The van der Waals surface area contributed by atoms with Crippen LogP contribution in [0.15, 0.2) is 30.9 Å². The monoisotopic (exact) mass is 771 g/mol. The summed E-state index contributed by atoms with van der Waals surface area (Å²) in [4.78, 5) is 60.8. The number of ketones is 1. The normalized spacial score (nSPS) is 24.5. The highest BCUT2D eigenvalue weighted by molar-refractivity contribution is 9.09. The van der Waals surface area contributed by atoms with Crippen molar-refractivity contribution in [2.75, 3.05) is 26.1 Å². The molecule has 4 amide bonds. The minimum atomic E-state index is -1.29. The van der Waals surface area contributed by atoms with Crippen LogP contribution in [0.1, 0.15) is 75.3 Å². The first-order valence-corrected chi connectivity index (χ1v) is 18.6. The van der Waals surface area contributed by atoms with Gasteiger partial charge in [0.2, 0.25) is 11.8 Å². The van der Waals surface area contributed by atoms with Crippen molar-refractivity contribution in [2.45, 2.75) is 102 Å². The lowest BCUT2D eigenvalue weighted by Crippen LogP contribution is -2.60. The number of aryl methyl sites for hydroxylation is 1. The summed E-state index contributed by atoms with van der Waals surface area (Å²) in [5, 5.41) is 20.3. The molecule has 3 fully saturated rings. The van der Waals surface area contributed by atoms with E-state index in [0.29, 0.717) is 28.8 Å². The van der Waals surface area contributed by atoms with Crippen molar-refractivity contribution >= 4 is 50.5 Å². The third-order valence-electron chi connectivity index (χ3n) is 10.3. The molecule has 0 bridgehead atoms. The summed E-state index contributed by atoms with van der Waals surface area (Å²) < 4.78 is 17.3. The van der Waals surface area contributed by atoms with E-state index in [9.17, 15) is 24.3 Å². The van der Waals surface area contributed by atoms with Crippen molar-refractivity contribution in [3.8, 4) is 11.5 Å². The summed E-state index contributed by atoms with van der Waals surface area (Å²) in [5.41, 5.74) is -0.303. The largest absolute Gasteiger partial charge is 0.496 e. The van der Waals surface area contributed by atoms with Gasteiger partial charge >= 0.3 is 6.03 Å². The molecule has 1 aliphatic heterocycles. The van der Waals surface area contributed by atoms with Crippen molar-refractivity contribution in [3.63, 3.8) is 0 Å². The first-order chi connectivity index (χ1) is 24.1. The van der Waals surface area contributed by atoms with Gasteiger partial charge in [0.05, 0.1) is 30.0 Å². The second kappa shape index (κ2) is 15.5. The van der Waals surface area contributed by atoms with Crippen LogP contribution >= 0.6 is 15.9 Å². The molecule has 1 unspecified atom stereocenters. The maximum atomic E-state index is 14.6. The highest BCUT2D eigenvalue weighted by Crippen LogP contribution is 2.47. The number of halogens is 1. The third-order valence-corrected chi connectivity index (χ3v) is 10.8. The van der Waals surface area contributed by atoms with Gasteiger partial charge in [-0.25, -0.2) is 9.78 Å². The van der Waals surface area contributed by atoms with Crippen LogP contribution in [0.3, 0.4) is 0 Å². The molecule has 1 saturated heterocycles. The van der Waals surface area contributed by atoms with E-state index in [-0.39, 0.29) is 41.7 Å². The number of Topliss-reactive ketones (excluding diaryl/α,β-unsaturated/α-hetero) is 1. The molecule has 2 heterocycles. The zero-order chi connectivity index (χ0) is 37.2. The number of amides is 4. The summed E-state index contributed by atoms with van der Waals surface area (Å²) in [7, 11) is 2.91. The zero-order valence-electron chi connectivity index (χ0n) is 30.2. The van der Waals surface area contributed by atoms with Crippen LogP contribution in [-0.4, -0.2) is 101 Å². The average Bonchev–Trinajstić information content (AvgIpc) is 3.36. The lowest BCUT2D eigenvalue weighted by Gasteiger charge is -2.36. The van der Waals surface area contributed by atoms with Crippen molar-refractivity contribution < 1.29 is 38.5 Å². The number of hydrogen-bond donors (Lipinski definition) is 4. The van der Waals surface area contributed by atoms with Gasteiger partial charge < -0.3 is 40.2 Å². The molecule has 51 heavy (non-hydrogen) atoms. The van der Waals surface area contributed by atoms with E-state index in [0.717, 1.165) is 31.2 Å². The van der Waals surface area contributed by atoms with Gasteiger partial charge in [-0.3, -0.25) is 14.4 Å². The number of hydrogen-bond acceptors (Lipinski definition) is 9. The highest BCUT2D eigenvalue weighted by Gasteiger charge is 2.60. The number of carbonyl (C=O) groups excluding carboxylic acids is 4. The Hall–Kier alpha value is -3.75. The molecule has 278 valence electrons. The Morgan fingerprint density at radius 3 is 2.45 bits per heavy atom. The lowest BCUT2D eigenvalue weighted by atomic mass is 9.85. The molecule has 2 aromatic rings. The number of alkyl halides is 1. The van der Waals surface area contributed by atoms with Crippen molar-refractivity contribution in [2.24, 2.45) is 11.3 Å². The molecule has 5 rings (SSSR count). The Kier molecular flexibility index (Phi) is 11.7. The number of urea groups is 1. The Balaban J connectivity index is 1.49. The average molecular weight is 773 g/mol. The number of rotatable bonds is 13. The van der Waals surface area contributed by atoms with Gasteiger partial charge in [0.15, 0.2) is 12.1 Å². The van der Waals surface area contributed by atoms with Crippen LogP contribution in [0.5, 0.6) is 11.5 Å². The number of fused-ring (bicyclic) bond motifs is 1. The van der Waals surface area contributed by atoms with E-state index in [4.69, 9.17) is 14.2 Å². The van der Waals surface area contributed by atoms with Crippen LogP contribution in [0.2, 0.25) is 0 Å². The number of aliphatic hydroxyl groups is 1. The highest BCUT2D eigenvalue weighted by atomic mass is 79.9. The topological polar surface area (TPSA) is 168 Å². The van der Waals surface area contributed by atoms with Gasteiger partial charge in [-0.1, -0.05) is 55.6 Å². The van der Waals surface area contributed by atoms with E-state index in [1.807, 2.05) is 33.8 Å². The number of aliphatic hydroxyl groups excluding tert-OH is 1. The molecule has 3 aliphatic rings. The molecular formula is C37H50BrN5O8. The predicted molar refractivity (Wildman–Crippen MR) is 195 cm³/mol. The van der Waals surface area contributed by atoms with Gasteiger partial charge in [-0.05, 0) is 43.2 Å². The molecule has 14 heteroatoms. The number of nitrogens with one attached hydrogen (secondary N) is 3. The number of likely N-dealkylation sites (tertiary alicyclic amines) is 1.